The maximum atomic E-state index is 11.9. The Hall–Kier alpha value is -1.56. The quantitative estimate of drug-likeness (QED) is 0.838. The molecule has 1 aliphatic heterocycles. The van der Waals surface area contributed by atoms with E-state index in [-0.39, 0.29) is 5.91 Å². The van der Waals surface area contributed by atoms with Crippen LogP contribution in [-0.2, 0) is 4.79 Å². The highest BCUT2D eigenvalue weighted by Crippen LogP contribution is 2.29. The number of amidine groups is 1. The third-order valence-corrected chi connectivity index (χ3v) is 4.51. The van der Waals surface area contributed by atoms with Gasteiger partial charge in [0.15, 0.2) is 5.17 Å². The van der Waals surface area contributed by atoms with E-state index in [4.69, 9.17) is 11.6 Å². The van der Waals surface area contributed by atoms with Gasteiger partial charge in [0.2, 0.25) is 0 Å². The lowest BCUT2D eigenvalue weighted by Crippen LogP contribution is -2.19. The van der Waals surface area contributed by atoms with Gasteiger partial charge in [-0.15, -0.1) is 11.3 Å². The van der Waals surface area contributed by atoms with Crippen molar-refractivity contribution >= 4 is 57.5 Å². The molecule has 1 amide bonds. The second kappa shape index (κ2) is 5.83. The number of nitrogens with zero attached hydrogens (tertiary/aromatic N) is 1. The van der Waals surface area contributed by atoms with Gasteiger partial charge < -0.3 is 5.32 Å². The van der Waals surface area contributed by atoms with Gasteiger partial charge in [-0.25, -0.2) is 4.99 Å². The monoisotopic (exact) mass is 320 g/mol. The van der Waals surface area contributed by atoms with Crippen LogP contribution in [0.4, 0.5) is 5.69 Å². The molecule has 0 saturated carbocycles. The Bertz CT molecular complexity index is 690. The molecule has 6 heteroatoms. The van der Waals surface area contributed by atoms with Gasteiger partial charge in [0.1, 0.15) is 0 Å². The summed E-state index contributed by atoms with van der Waals surface area (Å²) in [7, 11) is 0. The molecule has 0 radical (unpaired) electrons. The molecule has 1 aromatic heterocycles. The summed E-state index contributed by atoms with van der Waals surface area (Å²) in [5.74, 6) is -0.115. The SMILES string of the molecule is O=C1NC(=Nc2ccc(Cl)cc2)SC1=Cc1cccs1. The van der Waals surface area contributed by atoms with E-state index in [0.29, 0.717) is 15.1 Å². The summed E-state index contributed by atoms with van der Waals surface area (Å²) < 4.78 is 0. The summed E-state index contributed by atoms with van der Waals surface area (Å²) in [5.41, 5.74) is 0.759. The second-order valence-corrected chi connectivity index (χ2v) is 6.42. The Balaban J connectivity index is 1.81. The van der Waals surface area contributed by atoms with Crippen LogP contribution in [-0.4, -0.2) is 11.1 Å². The molecule has 3 nitrogen and oxygen atoms in total. The highest BCUT2D eigenvalue weighted by Gasteiger charge is 2.23. The summed E-state index contributed by atoms with van der Waals surface area (Å²) in [4.78, 5) is 17.9. The predicted molar refractivity (Wildman–Crippen MR) is 86.6 cm³/mol. The van der Waals surface area contributed by atoms with Crippen LogP contribution in [0.1, 0.15) is 4.88 Å². The van der Waals surface area contributed by atoms with Crippen molar-refractivity contribution in [2.45, 2.75) is 0 Å². The van der Waals surface area contributed by atoms with Crippen molar-refractivity contribution in [3.63, 3.8) is 0 Å². The summed E-state index contributed by atoms with van der Waals surface area (Å²) in [6.45, 7) is 0. The van der Waals surface area contributed by atoms with Crippen LogP contribution in [0.25, 0.3) is 6.08 Å². The number of carbonyl (C=O) groups excluding carboxylic acids is 1. The molecular formula is C14H9ClN2OS2. The molecule has 1 aliphatic rings. The normalized spacial score (nSPS) is 18.8. The van der Waals surface area contributed by atoms with Gasteiger partial charge in [-0.2, -0.15) is 0 Å². The number of aliphatic imine (C=N–C) groups is 1. The van der Waals surface area contributed by atoms with Crippen LogP contribution in [0, 0.1) is 0 Å². The van der Waals surface area contributed by atoms with E-state index >= 15 is 0 Å². The van der Waals surface area contributed by atoms with Gasteiger partial charge in [-0.05, 0) is 53.5 Å². The minimum atomic E-state index is -0.115. The number of hydrogen-bond acceptors (Lipinski definition) is 4. The number of halogens is 1. The lowest BCUT2D eigenvalue weighted by molar-refractivity contribution is -0.115. The summed E-state index contributed by atoms with van der Waals surface area (Å²) in [5, 5.41) is 5.98. The van der Waals surface area contributed by atoms with Gasteiger partial charge in [0, 0.05) is 9.90 Å². The van der Waals surface area contributed by atoms with Crippen molar-refractivity contribution in [2.24, 2.45) is 4.99 Å². The Morgan fingerprint density at radius 3 is 2.70 bits per heavy atom. The van der Waals surface area contributed by atoms with Crippen LogP contribution in [0.15, 0.2) is 51.7 Å². The average Bonchev–Trinajstić information content (AvgIpc) is 3.04. The summed E-state index contributed by atoms with van der Waals surface area (Å²) >= 11 is 8.76. The lowest BCUT2D eigenvalue weighted by atomic mass is 10.3. The fourth-order valence-electron chi connectivity index (χ4n) is 1.62. The molecule has 0 spiro atoms. The molecule has 0 bridgehead atoms. The van der Waals surface area contributed by atoms with Crippen LogP contribution in [0.5, 0.6) is 0 Å². The van der Waals surface area contributed by atoms with E-state index in [1.54, 1.807) is 23.5 Å². The van der Waals surface area contributed by atoms with Crippen LogP contribution in [0.3, 0.4) is 0 Å². The molecule has 1 fully saturated rings. The van der Waals surface area contributed by atoms with E-state index in [1.807, 2.05) is 35.7 Å². The number of rotatable bonds is 2. The number of nitrogens with one attached hydrogen (secondary N) is 1. The molecule has 2 heterocycles. The molecule has 1 N–H and O–H groups in total. The van der Waals surface area contributed by atoms with E-state index < -0.39 is 0 Å². The van der Waals surface area contributed by atoms with Gasteiger partial charge in [-0.1, -0.05) is 17.7 Å². The molecule has 1 aromatic carbocycles. The first-order valence-corrected chi connectivity index (χ1v) is 7.87. The second-order valence-electron chi connectivity index (χ2n) is 3.97. The van der Waals surface area contributed by atoms with Gasteiger partial charge in [0.05, 0.1) is 10.6 Å². The molecular weight excluding hydrogens is 312 g/mol. The Labute approximate surface area is 129 Å². The minimum absolute atomic E-state index is 0.115. The van der Waals surface area contributed by atoms with E-state index in [9.17, 15) is 4.79 Å². The van der Waals surface area contributed by atoms with E-state index in [2.05, 4.69) is 10.3 Å². The minimum Gasteiger partial charge on any atom is -0.300 e. The molecule has 20 heavy (non-hydrogen) atoms. The lowest BCUT2D eigenvalue weighted by Gasteiger charge is -1.96. The topological polar surface area (TPSA) is 41.5 Å². The zero-order valence-corrected chi connectivity index (χ0v) is 12.6. The van der Waals surface area contributed by atoms with Crippen molar-refractivity contribution in [3.05, 3.63) is 56.6 Å². The van der Waals surface area contributed by atoms with Crippen LogP contribution in [0.2, 0.25) is 5.02 Å². The first-order chi connectivity index (χ1) is 9.70. The average molecular weight is 321 g/mol. The molecule has 0 unspecified atom stereocenters. The zero-order chi connectivity index (χ0) is 13.9. The number of thiophene rings is 1. The fraction of sp³-hybridized carbons (Fsp3) is 0. The van der Waals surface area contributed by atoms with E-state index in [0.717, 1.165) is 10.6 Å². The summed E-state index contributed by atoms with van der Waals surface area (Å²) in [6.07, 6.45) is 1.87. The Morgan fingerprint density at radius 2 is 2.00 bits per heavy atom. The summed E-state index contributed by atoms with van der Waals surface area (Å²) in [6, 6.07) is 11.1. The third kappa shape index (κ3) is 3.12. The van der Waals surface area contributed by atoms with Crippen molar-refractivity contribution in [1.29, 1.82) is 0 Å². The number of carbonyl (C=O) groups is 1. The molecule has 0 aliphatic carbocycles. The molecule has 2 aromatic rings. The van der Waals surface area contributed by atoms with Crippen LogP contribution >= 0.6 is 34.7 Å². The van der Waals surface area contributed by atoms with Gasteiger partial charge in [0.25, 0.3) is 5.91 Å². The van der Waals surface area contributed by atoms with Crippen molar-refractivity contribution in [3.8, 4) is 0 Å². The number of amides is 1. The number of thioether (sulfide) groups is 1. The third-order valence-electron chi connectivity index (χ3n) is 2.52. The number of benzene rings is 1. The standard InChI is InChI=1S/C14H9ClN2OS2/c15-9-3-5-10(6-4-9)16-14-17-13(18)12(20-14)8-11-2-1-7-19-11/h1-8H,(H,16,17,18). The van der Waals surface area contributed by atoms with Gasteiger partial charge in [-0.3, -0.25) is 4.79 Å². The molecule has 3 rings (SSSR count). The van der Waals surface area contributed by atoms with Crippen LogP contribution < -0.4 is 5.32 Å². The maximum Gasteiger partial charge on any atom is 0.264 e. The van der Waals surface area contributed by atoms with Crippen molar-refractivity contribution in [2.75, 3.05) is 0 Å². The number of hydrogen-bond donors (Lipinski definition) is 1. The van der Waals surface area contributed by atoms with Crippen molar-refractivity contribution in [1.82, 2.24) is 5.32 Å². The Kier molecular flexibility index (Phi) is 3.91. The zero-order valence-electron chi connectivity index (χ0n) is 10.2. The largest absolute Gasteiger partial charge is 0.300 e. The first-order valence-electron chi connectivity index (χ1n) is 5.79. The van der Waals surface area contributed by atoms with Gasteiger partial charge >= 0.3 is 0 Å². The smallest absolute Gasteiger partial charge is 0.264 e. The predicted octanol–water partition coefficient (Wildman–Crippen LogP) is 4.29. The maximum absolute atomic E-state index is 11.9. The molecule has 0 atom stereocenters. The van der Waals surface area contributed by atoms with E-state index in [1.165, 1.54) is 11.8 Å². The Morgan fingerprint density at radius 1 is 1.20 bits per heavy atom. The highest BCUT2D eigenvalue weighted by atomic mass is 35.5. The molecule has 100 valence electrons. The highest BCUT2D eigenvalue weighted by molar-refractivity contribution is 8.18. The first kappa shape index (κ1) is 13.4. The molecule has 1 saturated heterocycles. The fourth-order valence-corrected chi connectivity index (χ4v) is 3.31. The van der Waals surface area contributed by atoms with Crippen molar-refractivity contribution < 1.29 is 4.79 Å².